The van der Waals surface area contributed by atoms with Crippen LogP contribution in [0.15, 0.2) is 48.5 Å². The fourth-order valence-electron chi connectivity index (χ4n) is 2.86. The average molecular weight is 350 g/mol. The van der Waals surface area contributed by atoms with Gasteiger partial charge in [-0.05, 0) is 55.8 Å². The molecule has 0 unspecified atom stereocenters. The van der Waals surface area contributed by atoms with Crippen molar-refractivity contribution in [2.75, 3.05) is 14.2 Å². The number of nitrogens with zero attached hydrogens (tertiary/aromatic N) is 1. The van der Waals surface area contributed by atoms with E-state index in [4.69, 9.17) is 9.47 Å². The van der Waals surface area contributed by atoms with Gasteiger partial charge in [-0.1, -0.05) is 12.1 Å². The predicted molar refractivity (Wildman–Crippen MR) is 102 cm³/mol. The lowest BCUT2D eigenvalue weighted by Gasteiger charge is -2.16. The molecule has 2 aromatic carbocycles. The number of nitrogens with one attached hydrogen (secondary N) is 1. The maximum Gasteiger partial charge on any atom is 0.253 e. The van der Waals surface area contributed by atoms with Crippen molar-refractivity contribution >= 4 is 16.8 Å². The van der Waals surface area contributed by atoms with Gasteiger partial charge in [0.15, 0.2) is 0 Å². The number of amides is 1. The van der Waals surface area contributed by atoms with Gasteiger partial charge in [-0.2, -0.15) is 0 Å². The van der Waals surface area contributed by atoms with Crippen LogP contribution < -0.4 is 14.8 Å². The van der Waals surface area contributed by atoms with Crippen LogP contribution in [0.4, 0.5) is 0 Å². The third kappa shape index (κ3) is 3.61. The maximum atomic E-state index is 12.8. The lowest BCUT2D eigenvalue weighted by Crippen LogP contribution is -2.27. The molecule has 0 aliphatic heterocycles. The van der Waals surface area contributed by atoms with E-state index in [0.717, 1.165) is 28.0 Å². The van der Waals surface area contributed by atoms with Crippen LogP contribution in [0.3, 0.4) is 0 Å². The molecule has 0 saturated carbocycles. The highest BCUT2D eigenvalue weighted by molar-refractivity contribution is 5.99. The number of aromatic nitrogens is 1. The smallest absolute Gasteiger partial charge is 0.253 e. The quantitative estimate of drug-likeness (QED) is 0.754. The predicted octanol–water partition coefficient (Wildman–Crippen LogP) is 4.05. The minimum Gasteiger partial charge on any atom is -0.497 e. The molecular weight excluding hydrogens is 328 g/mol. The summed E-state index contributed by atoms with van der Waals surface area (Å²) in [6.07, 6.45) is 0. The molecule has 1 heterocycles. The Balaban J connectivity index is 1.84. The molecule has 0 aliphatic rings. The Labute approximate surface area is 153 Å². The van der Waals surface area contributed by atoms with Crippen LogP contribution in [0.1, 0.15) is 34.6 Å². The van der Waals surface area contributed by atoms with Gasteiger partial charge in [0.1, 0.15) is 11.5 Å². The Kier molecular flexibility index (Phi) is 5.07. The van der Waals surface area contributed by atoms with Crippen LogP contribution >= 0.6 is 0 Å². The summed E-state index contributed by atoms with van der Waals surface area (Å²) in [7, 11) is 3.25. The highest BCUT2D eigenvalue weighted by Crippen LogP contribution is 2.23. The van der Waals surface area contributed by atoms with Crippen molar-refractivity contribution in [3.63, 3.8) is 0 Å². The van der Waals surface area contributed by atoms with E-state index < -0.39 is 0 Å². The number of aryl methyl sites for hydroxylation is 1. The van der Waals surface area contributed by atoms with Crippen LogP contribution in [0.2, 0.25) is 0 Å². The second-order valence-corrected chi connectivity index (χ2v) is 6.15. The molecule has 0 saturated heterocycles. The molecule has 1 amide bonds. The SMILES string of the molecule is COc1ccc([C@@H](C)NC(=O)c2cc3cc(OC)ccc3nc2C)cc1. The van der Waals surface area contributed by atoms with Crippen molar-refractivity contribution in [2.24, 2.45) is 0 Å². The van der Waals surface area contributed by atoms with Crippen molar-refractivity contribution in [1.29, 1.82) is 0 Å². The number of hydrogen-bond acceptors (Lipinski definition) is 4. The zero-order valence-corrected chi connectivity index (χ0v) is 15.4. The normalized spacial score (nSPS) is 11.8. The minimum absolute atomic E-state index is 0.131. The number of methoxy groups -OCH3 is 2. The second-order valence-electron chi connectivity index (χ2n) is 6.15. The third-order valence-corrected chi connectivity index (χ3v) is 4.42. The summed E-state index contributed by atoms with van der Waals surface area (Å²) in [4.78, 5) is 17.3. The molecule has 1 N–H and O–H groups in total. The summed E-state index contributed by atoms with van der Waals surface area (Å²) >= 11 is 0. The highest BCUT2D eigenvalue weighted by Gasteiger charge is 2.15. The number of fused-ring (bicyclic) bond motifs is 1. The van der Waals surface area contributed by atoms with Crippen molar-refractivity contribution in [3.8, 4) is 11.5 Å². The van der Waals surface area contributed by atoms with Gasteiger partial charge in [0, 0.05) is 5.39 Å². The standard InChI is InChI=1S/C21H22N2O3/c1-13(15-5-7-17(25-3)8-6-15)23-21(24)19-12-16-11-18(26-4)9-10-20(16)22-14(19)2/h5-13H,1-4H3,(H,23,24)/t13-/m1/s1. The Bertz CT molecular complexity index is 936. The monoisotopic (exact) mass is 350 g/mol. The molecule has 0 bridgehead atoms. The van der Waals surface area contributed by atoms with E-state index in [9.17, 15) is 4.79 Å². The molecule has 5 nitrogen and oxygen atoms in total. The van der Waals surface area contributed by atoms with Crippen molar-refractivity contribution < 1.29 is 14.3 Å². The maximum absolute atomic E-state index is 12.8. The molecular formula is C21H22N2O3. The van der Waals surface area contributed by atoms with Gasteiger partial charge < -0.3 is 14.8 Å². The molecule has 26 heavy (non-hydrogen) atoms. The Hall–Kier alpha value is -3.08. The van der Waals surface area contributed by atoms with Crippen LogP contribution in [-0.4, -0.2) is 25.1 Å². The largest absolute Gasteiger partial charge is 0.497 e. The molecule has 1 aromatic heterocycles. The Morgan fingerprint density at radius 3 is 2.31 bits per heavy atom. The number of ether oxygens (including phenoxy) is 2. The van der Waals surface area contributed by atoms with Crippen LogP contribution in [0.5, 0.6) is 11.5 Å². The number of carbonyl (C=O) groups is 1. The van der Waals surface area contributed by atoms with Crippen LogP contribution in [-0.2, 0) is 0 Å². The minimum atomic E-state index is -0.150. The van der Waals surface area contributed by atoms with Gasteiger partial charge in [0.25, 0.3) is 5.91 Å². The number of benzene rings is 2. The van der Waals surface area contributed by atoms with E-state index in [1.54, 1.807) is 14.2 Å². The number of hydrogen-bond donors (Lipinski definition) is 1. The average Bonchev–Trinajstić information content (AvgIpc) is 2.67. The van der Waals surface area contributed by atoms with Gasteiger partial charge in [0.05, 0.1) is 37.0 Å². The summed E-state index contributed by atoms with van der Waals surface area (Å²) < 4.78 is 10.4. The fraction of sp³-hybridized carbons (Fsp3) is 0.238. The van der Waals surface area contributed by atoms with E-state index in [-0.39, 0.29) is 11.9 Å². The van der Waals surface area contributed by atoms with Crippen molar-refractivity contribution in [1.82, 2.24) is 10.3 Å². The van der Waals surface area contributed by atoms with Crippen molar-refractivity contribution in [2.45, 2.75) is 19.9 Å². The third-order valence-electron chi connectivity index (χ3n) is 4.42. The first-order valence-electron chi connectivity index (χ1n) is 8.42. The fourth-order valence-corrected chi connectivity index (χ4v) is 2.86. The number of carbonyl (C=O) groups excluding carboxylic acids is 1. The van der Waals surface area contributed by atoms with E-state index in [1.807, 2.05) is 62.4 Å². The summed E-state index contributed by atoms with van der Waals surface area (Å²) in [5.41, 5.74) is 3.10. The molecule has 0 radical (unpaired) electrons. The summed E-state index contributed by atoms with van der Waals surface area (Å²) in [5.74, 6) is 1.37. The van der Waals surface area contributed by atoms with Gasteiger partial charge >= 0.3 is 0 Å². The molecule has 1 atom stereocenters. The first kappa shape index (κ1) is 17.7. The molecule has 0 spiro atoms. The first-order valence-corrected chi connectivity index (χ1v) is 8.42. The van der Waals surface area contributed by atoms with Gasteiger partial charge in [-0.3, -0.25) is 9.78 Å². The van der Waals surface area contributed by atoms with Gasteiger partial charge in [0.2, 0.25) is 0 Å². The van der Waals surface area contributed by atoms with Gasteiger partial charge in [-0.15, -0.1) is 0 Å². The zero-order chi connectivity index (χ0) is 18.7. The van der Waals surface area contributed by atoms with E-state index in [2.05, 4.69) is 10.3 Å². The first-order chi connectivity index (χ1) is 12.5. The molecule has 3 rings (SSSR count). The lowest BCUT2D eigenvalue weighted by molar-refractivity contribution is 0.0939. The van der Waals surface area contributed by atoms with E-state index in [0.29, 0.717) is 11.3 Å². The number of rotatable bonds is 5. The van der Waals surface area contributed by atoms with Crippen LogP contribution in [0, 0.1) is 6.92 Å². The molecule has 0 fully saturated rings. The summed E-state index contributed by atoms with van der Waals surface area (Å²) in [6.45, 7) is 3.79. The number of pyridine rings is 1. The van der Waals surface area contributed by atoms with E-state index in [1.165, 1.54) is 0 Å². The second kappa shape index (κ2) is 7.44. The van der Waals surface area contributed by atoms with Crippen LogP contribution in [0.25, 0.3) is 10.9 Å². The van der Waals surface area contributed by atoms with Gasteiger partial charge in [-0.25, -0.2) is 0 Å². The lowest BCUT2D eigenvalue weighted by atomic mass is 10.1. The summed E-state index contributed by atoms with van der Waals surface area (Å²) in [6, 6.07) is 15.0. The molecule has 5 heteroatoms. The molecule has 3 aromatic rings. The van der Waals surface area contributed by atoms with E-state index >= 15 is 0 Å². The van der Waals surface area contributed by atoms with Crippen molar-refractivity contribution in [3.05, 3.63) is 65.4 Å². The zero-order valence-electron chi connectivity index (χ0n) is 15.4. The molecule has 134 valence electrons. The highest BCUT2D eigenvalue weighted by atomic mass is 16.5. The Morgan fingerprint density at radius 1 is 1.00 bits per heavy atom. The Morgan fingerprint density at radius 2 is 1.65 bits per heavy atom. The molecule has 0 aliphatic carbocycles. The topological polar surface area (TPSA) is 60.5 Å². The summed E-state index contributed by atoms with van der Waals surface area (Å²) in [5, 5.41) is 3.91.